The van der Waals surface area contributed by atoms with Crippen LogP contribution in [0.15, 0.2) is 36.4 Å². The number of hydrogen-bond acceptors (Lipinski definition) is 1. The van der Waals surface area contributed by atoms with Crippen LogP contribution in [0.5, 0.6) is 0 Å². The first-order valence-corrected chi connectivity index (χ1v) is 5.46. The molecule has 0 saturated heterocycles. The van der Waals surface area contributed by atoms with E-state index in [1.54, 1.807) is 6.92 Å². The number of aliphatic carboxylic acids is 1. The zero-order valence-electron chi connectivity index (χ0n) is 9.86. The second-order valence-corrected chi connectivity index (χ2v) is 4.26. The van der Waals surface area contributed by atoms with Crippen LogP contribution in [0.4, 0.5) is 0 Å². The van der Waals surface area contributed by atoms with E-state index in [1.807, 2.05) is 31.2 Å². The molecule has 1 atom stereocenters. The predicted molar refractivity (Wildman–Crippen MR) is 65.6 cm³/mol. The number of carboxylic acids is 1. The average Bonchev–Trinajstić information content (AvgIpc) is 2.26. The molecule has 16 heavy (non-hydrogen) atoms. The second-order valence-electron chi connectivity index (χ2n) is 4.26. The standard InChI is InChI=1S/C14H18O2/c1-10(2)4-5-12-6-8-13(9-7-12)11(3)14(15)16/h6-9,11H,1,4-5H2,2-3H3,(H,15,16)/t11-/m0/s1. The third-order valence-corrected chi connectivity index (χ3v) is 2.69. The number of rotatable bonds is 5. The van der Waals surface area contributed by atoms with Crippen LogP contribution in [-0.4, -0.2) is 11.1 Å². The van der Waals surface area contributed by atoms with Crippen LogP contribution in [0.3, 0.4) is 0 Å². The maximum absolute atomic E-state index is 10.8. The summed E-state index contributed by atoms with van der Waals surface area (Å²) < 4.78 is 0. The van der Waals surface area contributed by atoms with Gasteiger partial charge in [-0.3, -0.25) is 4.79 Å². The molecular weight excluding hydrogens is 200 g/mol. The molecule has 0 heterocycles. The lowest BCUT2D eigenvalue weighted by Crippen LogP contribution is -2.07. The smallest absolute Gasteiger partial charge is 0.310 e. The van der Waals surface area contributed by atoms with Gasteiger partial charge in [-0.25, -0.2) is 0 Å². The highest BCUT2D eigenvalue weighted by Gasteiger charge is 2.12. The second kappa shape index (κ2) is 5.50. The molecular formula is C14H18O2. The molecule has 0 aliphatic rings. The van der Waals surface area contributed by atoms with E-state index in [0.717, 1.165) is 18.4 Å². The monoisotopic (exact) mass is 218 g/mol. The lowest BCUT2D eigenvalue weighted by molar-refractivity contribution is -0.138. The quantitative estimate of drug-likeness (QED) is 0.769. The van der Waals surface area contributed by atoms with Crippen molar-refractivity contribution in [3.8, 4) is 0 Å². The van der Waals surface area contributed by atoms with Gasteiger partial charge in [0.1, 0.15) is 0 Å². The Morgan fingerprint density at radius 1 is 1.38 bits per heavy atom. The highest BCUT2D eigenvalue weighted by atomic mass is 16.4. The Hall–Kier alpha value is -1.57. The number of allylic oxidation sites excluding steroid dienone is 1. The topological polar surface area (TPSA) is 37.3 Å². The summed E-state index contributed by atoms with van der Waals surface area (Å²) >= 11 is 0. The fraction of sp³-hybridized carbons (Fsp3) is 0.357. The number of benzene rings is 1. The number of carboxylic acid groups (broad SMARTS) is 1. The lowest BCUT2D eigenvalue weighted by Gasteiger charge is -2.07. The summed E-state index contributed by atoms with van der Waals surface area (Å²) in [5.41, 5.74) is 3.25. The van der Waals surface area contributed by atoms with Crippen LogP contribution in [0.1, 0.15) is 37.3 Å². The molecule has 0 aromatic heterocycles. The van der Waals surface area contributed by atoms with Gasteiger partial charge in [-0.2, -0.15) is 0 Å². The number of carbonyl (C=O) groups is 1. The molecule has 0 aliphatic carbocycles. The average molecular weight is 218 g/mol. The van der Waals surface area contributed by atoms with E-state index in [2.05, 4.69) is 6.58 Å². The number of aryl methyl sites for hydroxylation is 1. The third kappa shape index (κ3) is 3.54. The van der Waals surface area contributed by atoms with Gasteiger partial charge in [0.05, 0.1) is 5.92 Å². The first-order valence-electron chi connectivity index (χ1n) is 5.46. The summed E-state index contributed by atoms with van der Waals surface area (Å²) in [5.74, 6) is -1.22. The molecule has 0 spiro atoms. The van der Waals surface area contributed by atoms with Gasteiger partial charge >= 0.3 is 5.97 Å². The van der Waals surface area contributed by atoms with Crippen molar-refractivity contribution >= 4 is 5.97 Å². The fourth-order valence-electron chi connectivity index (χ4n) is 1.47. The third-order valence-electron chi connectivity index (χ3n) is 2.69. The molecule has 0 bridgehead atoms. The largest absolute Gasteiger partial charge is 0.481 e. The van der Waals surface area contributed by atoms with Crippen molar-refractivity contribution in [2.24, 2.45) is 0 Å². The van der Waals surface area contributed by atoms with Crippen molar-refractivity contribution in [1.82, 2.24) is 0 Å². The Labute approximate surface area is 96.6 Å². The van der Waals surface area contributed by atoms with Crippen LogP contribution in [0, 0.1) is 0 Å². The minimum Gasteiger partial charge on any atom is -0.481 e. The minimum absolute atomic E-state index is 0.435. The van der Waals surface area contributed by atoms with Gasteiger partial charge in [0, 0.05) is 0 Å². The summed E-state index contributed by atoms with van der Waals surface area (Å²) in [6, 6.07) is 7.79. The minimum atomic E-state index is -0.783. The Morgan fingerprint density at radius 2 is 1.94 bits per heavy atom. The highest BCUT2D eigenvalue weighted by molar-refractivity contribution is 5.75. The summed E-state index contributed by atoms with van der Waals surface area (Å²) in [7, 11) is 0. The molecule has 0 saturated carbocycles. The molecule has 0 aliphatic heterocycles. The Bertz CT molecular complexity index is 376. The van der Waals surface area contributed by atoms with Crippen LogP contribution < -0.4 is 0 Å². The van der Waals surface area contributed by atoms with Gasteiger partial charge in [-0.15, -0.1) is 6.58 Å². The van der Waals surface area contributed by atoms with E-state index >= 15 is 0 Å². The molecule has 2 nitrogen and oxygen atoms in total. The SMILES string of the molecule is C=C(C)CCc1ccc([C@H](C)C(=O)O)cc1. The fourth-order valence-corrected chi connectivity index (χ4v) is 1.47. The zero-order chi connectivity index (χ0) is 12.1. The summed E-state index contributed by atoms with van der Waals surface area (Å²) in [6.45, 7) is 7.58. The molecule has 0 radical (unpaired) electrons. The van der Waals surface area contributed by atoms with Crippen molar-refractivity contribution in [2.75, 3.05) is 0 Å². The maximum atomic E-state index is 10.8. The lowest BCUT2D eigenvalue weighted by atomic mass is 9.98. The van der Waals surface area contributed by atoms with E-state index < -0.39 is 11.9 Å². The highest BCUT2D eigenvalue weighted by Crippen LogP contribution is 2.17. The Morgan fingerprint density at radius 3 is 2.38 bits per heavy atom. The van der Waals surface area contributed by atoms with Gasteiger partial charge in [-0.1, -0.05) is 29.8 Å². The van der Waals surface area contributed by atoms with Crippen LogP contribution in [0.25, 0.3) is 0 Å². The van der Waals surface area contributed by atoms with Crippen molar-refractivity contribution in [1.29, 1.82) is 0 Å². The Kier molecular flexibility index (Phi) is 4.29. The van der Waals surface area contributed by atoms with Crippen LogP contribution in [0.2, 0.25) is 0 Å². The predicted octanol–water partition coefficient (Wildman–Crippen LogP) is 3.38. The van der Waals surface area contributed by atoms with Gasteiger partial charge in [0.25, 0.3) is 0 Å². The van der Waals surface area contributed by atoms with Gasteiger partial charge in [-0.05, 0) is 37.8 Å². The van der Waals surface area contributed by atoms with Gasteiger partial charge < -0.3 is 5.11 Å². The van der Waals surface area contributed by atoms with Crippen molar-refractivity contribution in [3.05, 3.63) is 47.5 Å². The molecule has 1 aromatic rings. The molecule has 0 amide bonds. The van der Waals surface area contributed by atoms with Gasteiger partial charge in [0.15, 0.2) is 0 Å². The molecule has 1 aromatic carbocycles. The zero-order valence-corrected chi connectivity index (χ0v) is 9.86. The van der Waals surface area contributed by atoms with Crippen molar-refractivity contribution in [2.45, 2.75) is 32.6 Å². The van der Waals surface area contributed by atoms with Crippen molar-refractivity contribution < 1.29 is 9.90 Å². The molecule has 1 N–H and O–H groups in total. The first kappa shape index (κ1) is 12.5. The maximum Gasteiger partial charge on any atom is 0.310 e. The van der Waals surface area contributed by atoms with E-state index in [1.165, 1.54) is 11.1 Å². The van der Waals surface area contributed by atoms with E-state index in [0.29, 0.717) is 0 Å². The summed E-state index contributed by atoms with van der Waals surface area (Å²) in [4.78, 5) is 10.8. The van der Waals surface area contributed by atoms with E-state index in [9.17, 15) is 4.79 Å². The van der Waals surface area contributed by atoms with E-state index in [-0.39, 0.29) is 0 Å². The van der Waals surface area contributed by atoms with Crippen molar-refractivity contribution in [3.63, 3.8) is 0 Å². The normalized spacial score (nSPS) is 12.1. The Balaban J connectivity index is 2.67. The molecule has 0 fully saturated rings. The first-order chi connectivity index (χ1) is 7.50. The van der Waals surface area contributed by atoms with Gasteiger partial charge in [0.2, 0.25) is 0 Å². The summed E-state index contributed by atoms with van der Waals surface area (Å²) in [6.07, 6.45) is 1.95. The van der Waals surface area contributed by atoms with Crippen LogP contribution >= 0.6 is 0 Å². The molecule has 1 rings (SSSR count). The van der Waals surface area contributed by atoms with E-state index in [4.69, 9.17) is 5.11 Å². The van der Waals surface area contributed by atoms with Crippen LogP contribution in [-0.2, 0) is 11.2 Å². The summed E-state index contributed by atoms with van der Waals surface area (Å²) in [5, 5.41) is 8.87. The molecule has 0 unspecified atom stereocenters. The molecule has 86 valence electrons. The number of hydrogen-bond donors (Lipinski definition) is 1. The molecule has 2 heteroatoms.